The van der Waals surface area contributed by atoms with Crippen molar-refractivity contribution in [3.63, 3.8) is 0 Å². The number of rotatable bonds is 6. The molecule has 16 heavy (non-hydrogen) atoms. The first-order chi connectivity index (χ1) is 7.74. The van der Waals surface area contributed by atoms with Gasteiger partial charge in [0, 0.05) is 12.8 Å². The molecule has 0 fully saturated rings. The first-order valence-corrected chi connectivity index (χ1v) is 5.60. The summed E-state index contributed by atoms with van der Waals surface area (Å²) < 4.78 is 10.8. The summed E-state index contributed by atoms with van der Waals surface area (Å²) in [6.07, 6.45) is 2.55. The van der Waals surface area contributed by atoms with E-state index in [1.54, 1.807) is 13.3 Å². The third kappa shape index (κ3) is 2.93. The topological polar surface area (TPSA) is 57.4 Å². The maximum absolute atomic E-state index is 6.14. The Kier molecular flexibility index (Phi) is 5.22. The molecule has 4 heteroatoms. The Morgan fingerprint density at radius 2 is 2.19 bits per heavy atom. The predicted octanol–water partition coefficient (Wildman–Crippen LogP) is 1.91. The van der Waals surface area contributed by atoms with Crippen LogP contribution in [0.25, 0.3) is 0 Å². The fourth-order valence-electron chi connectivity index (χ4n) is 1.69. The van der Waals surface area contributed by atoms with Crippen molar-refractivity contribution in [3.05, 3.63) is 24.0 Å². The average molecular weight is 224 g/mol. The molecule has 1 heterocycles. The molecular weight excluding hydrogens is 204 g/mol. The van der Waals surface area contributed by atoms with Crippen LogP contribution in [0.1, 0.15) is 32.0 Å². The molecule has 0 saturated heterocycles. The van der Waals surface area contributed by atoms with Crippen LogP contribution < -0.4 is 10.5 Å². The summed E-state index contributed by atoms with van der Waals surface area (Å²) >= 11 is 0. The summed E-state index contributed by atoms with van der Waals surface area (Å²) in [7, 11) is 1.62. The highest BCUT2D eigenvalue weighted by atomic mass is 16.5. The van der Waals surface area contributed by atoms with E-state index in [4.69, 9.17) is 15.2 Å². The van der Waals surface area contributed by atoms with Gasteiger partial charge in [0.15, 0.2) is 0 Å². The van der Waals surface area contributed by atoms with E-state index in [0.29, 0.717) is 12.4 Å². The zero-order valence-electron chi connectivity index (χ0n) is 10.1. The van der Waals surface area contributed by atoms with Crippen LogP contribution in [0.5, 0.6) is 5.75 Å². The van der Waals surface area contributed by atoms with E-state index in [-0.39, 0.29) is 12.1 Å². The van der Waals surface area contributed by atoms with Crippen LogP contribution in [0.4, 0.5) is 0 Å². The molecule has 0 aliphatic rings. The van der Waals surface area contributed by atoms with Gasteiger partial charge in [0.05, 0.1) is 19.3 Å². The molecule has 0 spiro atoms. The molecule has 0 saturated carbocycles. The van der Waals surface area contributed by atoms with Crippen molar-refractivity contribution in [1.82, 2.24) is 4.98 Å². The number of nitrogens with two attached hydrogens (primary N) is 1. The lowest BCUT2D eigenvalue weighted by Gasteiger charge is -2.23. The van der Waals surface area contributed by atoms with E-state index in [1.165, 1.54) is 0 Å². The second-order valence-corrected chi connectivity index (χ2v) is 3.52. The van der Waals surface area contributed by atoms with Crippen molar-refractivity contribution in [3.8, 4) is 5.75 Å². The predicted molar refractivity (Wildman–Crippen MR) is 63.4 cm³/mol. The molecule has 1 aromatic rings. The third-order valence-electron chi connectivity index (χ3n) is 2.52. The molecule has 0 aromatic carbocycles. The first-order valence-electron chi connectivity index (χ1n) is 5.60. The minimum Gasteiger partial charge on any atom is -0.495 e. The van der Waals surface area contributed by atoms with Crippen LogP contribution in [-0.2, 0) is 4.74 Å². The van der Waals surface area contributed by atoms with E-state index in [1.807, 2.05) is 19.1 Å². The second-order valence-electron chi connectivity index (χ2n) is 3.52. The summed E-state index contributed by atoms with van der Waals surface area (Å²) in [5.41, 5.74) is 6.90. The monoisotopic (exact) mass is 224 g/mol. The van der Waals surface area contributed by atoms with E-state index < -0.39 is 0 Å². The van der Waals surface area contributed by atoms with Gasteiger partial charge in [-0.1, -0.05) is 6.92 Å². The molecule has 2 atom stereocenters. The van der Waals surface area contributed by atoms with Crippen molar-refractivity contribution in [1.29, 1.82) is 0 Å². The quantitative estimate of drug-likeness (QED) is 0.802. The van der Waals surface area contributed by atoms with Gasteiger partial charge in [-0.3, -0.25) is 4.98 Å². The average Bonchev–Trinajstić information content (AvgIpc) is 2.35. The molecule has 0 amide bonds. The van der Waals surface area contributed by atoms with Crippen molar-refractivity contribution >= 4 is 0 Å². The van der Waals surface area contributed by atoms with Crippen LogP contribution in [0.3, 0.4) is 0 Å². The molecule has 0 aliphatic heterocycles. The lowest BCUT2D eigenvalue weighted by atomic mass is 10.0. The molecule has 1 aromatic heterocycles. The van der Waals surface area contributed by atoms with Gasteiger partial charge in [-0.2, -0.15) is 0 Å². The summed E-state index contributed by atoms with van der Waals surface area (Å²) in [6.45, 7) is 4.67. The zero-order chi connectivity index (χ0) is 12.0. The molecule has 4 nitrogen and oxygen atoms in total. The number of pyridine rings is 1. The van der Waals surface area contributed by atoms with Gasteiger partial charge < -0.3 is 15.2 Å². The lowest BCUT2D eigenvalue weighted by molar-refractivity contribution is 0.0398. The van der Waals surface area contributed by atoms with Crippen molar-refractivity contribution in [2.75, 3.05) is 13.7 Å². The Balaban J connectivity index is 2.88. The van der Waals surface area contributed by atoms with Gasteiger partial charge in [-0.25, -0.2) is 0 Å². The van der Waals surface area contributed by atoms with Gasteiger partial charge in [-0.05, 0) is 25.5 Å². The van der Waals surface area contributed by atoms with Crippen LogP contribution in [0.15, 0.2) is 18.3 Å². The first kappa shape index (κ1) is 12.9. The number of ether oxygens (including phenoxy) is 2. The van der Waals surface area contributed by atoms with Crippen LogP contribution in [0, 0.1) is 0 Å². The number of hydrogen-bond acceptors (Lipinski definition) is 4. The minimum absolute atomic E-state index is 0.0196. The summed E-state index contributed by atoms with van der Waals surface area (Å²) in [4.78, 5) is 4.27. The van der Waals surface area contributed by atoms with E-state index in [9.17, 15) is 0 Å². The maximum Gasteiger partial charge on any atom is 0.142 e. The van der Waals surface area contributed by atoms with Crippen LogP contribution >= 0.6 is 0 Å². The van der Waals surface area contributed by atoms with E-state index >= 15 is 0 Å². The highest BCUT2D eigenvalue weighted by Crippen LogP contribution is 2.25. The standard InChI is InChI=1S/C12H20N2O2/c1-4-9(16-5-2)11(13)12-10(15-3)7-6-8-14-12/h6-9,11H,4-5,13H2,1-3H3. The highest BCUT2D eigenvalue weighted by molar-refractivity contribution is 5.29. The molecule has 2 N–H and O–H groups in total. The number of nitrogens with zero attached hydrogens (tertiary/aromatic N) is 1. The molecular formula is C12H20N2O2. The third-order valence-corrected chi connectivity index (χ3v) is 2.52. The zero-order valence-corrected chi connectivity index (χ0v) is 10.1. The van der Waals surface area contributed by atoms with Crippen molar-refractivity contribution < 1.29 is 9.47 Å². The summed E-state index contributed by atoms with van der Waals surface area (Å²) in [6, 6.07) is 3.44. The Morgan fingerprint density at radius 1 is 1.44 bits per heavy atom. The van der Waals surface area contributed by atoms with Crippen LogP contribution in [0.2, 0.25) is 0 Å². The molecule has 0 bridgehead atoms. The molecule has 1 rings (SSSR count). The number of aromatic nitrogens is 1. The van der Waals surface area contributed by atoms with E-state index in [0.717, 1.165) is 12.1 Å². The van der Waals surface area contributed by atoms with Crippen molar-refractivity contribution in [2.24, 2.45) is 5.73 Å². The van der Waals surface area contributed by atoms with E-state index in [2.05, 4.69) is 11.9 Å². The van der Waals surface area contributed by atoms with Gasteiger partial charge in [0.1, 0.15) is 11.4 Å². The molecule has 0 radical (unpaired) electrons. The summed E-state index contributed by atoms with van der Waals surface area (Å²) in [5.74, 6) is 0.716. The number of hydrogen-bond donors (Lipinski definition) is 1. The molecule has 2 unspecified atom stereocenters. The molecule has 0 aliphatic carbocycles. The largest absolute Gasteiger partial charge is 0.495 e. The maximum atomic E-state index is 6.14. The lowest BCUT2D eigenvalue weighted by Crippen LogP contribution is -2.29. The Morgan fingerprint density at radius 3 is 2.75 bits per heavy atom. The fourth-order valence-corrected chi connectivity index (χ4v) is 1.69. The Bertz CT molecular complexity index is 318. The van der Waals surface area contributed by atoms with Gasteiger partial charge in [-0.15, -0.1) is 0 Å². The highest BCUT2D eigenvalue weighted by Gasteiger charge is 2.22. The Labute approximate surface area is 96.8 Å². The normalized spacial score (nSPS) is 14.5. The van der Waals surface area contributed by atoms with Gasteiger partial charge >= 0.3 is 0 Å². The van der Waals surface area contributed by atoms with Gasteiger partial charge in [0.25, 0.3) is 0 Å². The van der Waals surface area contributed by atoms with Gasteiger partial charge in [0.2, 0.25) is 0 Å². The summed E-state index contributed by atoms with van der Waals surface area (Å²) in [5, 5.41) is 0. The van der Waals surface area contributed by atoms with Crippen molar-refractivity contribution in [2.45, 2.75) is 32.4 Å². The smallest absolute Gasteiger partial charge is 0.142 e. The van der Waals surface area contributed by atoms with Crippen LogP contribution in [-0.4, -0.2) is 24.8 Å². The Hall–Kier alpha value is -1.13. The number of methoxy groups -OCH3 is 1. The fraction of sp³-hybridized carbons (Fsp3) is 0.583. The molecule has 90 valence electrons. The second kappa shape index (κ2) is 6.45. The minimum atomic E-state index is -0.249. The SMILES string of the molecule is CCOC(CC)C(N)c1ncccc1OC.